The Balaban J connectivity index is 1.78. The molecule has 0 radical (unpaired) electrons. The summed E-state index contributed by atoms with van der Waals surface area (Å²) in [5, 5.41) is 3.63. The average molecular weight is 371 g/mol. The molecule has 118 valence electrons. The standard InChI is InChI=1S/C18H19BrN4/c19-16-11-20-18-17(21-14-9-5-2-6-10-14)22-15(12-23(16)18)13-7-3-1-4-8-13/h1,3-4,7-8,11-12,14H,2,5-6,9-10H2,(H,21,22). The lowest BCUT2D eigenvalue weighted by molar-refractivity contribution is 0.462. The summed E-state index contributed by atoms with van der Waals surface area (Å²) < 4.78 is 3.00. The molecule has 5 heteroatoms. The van der Waals surface area contributed by atoms with E-state index in [-0.39, 0.29) is 0 Å². The lowest BCUT2D eigenvalue weighted by atomic mass is 9.95. The van der Waals surface area contributed by atoms with Gasteiger partial charge in [-0.05, 0) is 28.8 Å². The molecular weight excluding hydrogens is 352 g/mol. The first-order chi connectivity index (χ1) is 11.3. The Labute approximate surface area is 144 Å². The molecule has 4 rings (SSSR count). The van der Waals surface area contributed by atoms with E-state index in [2.05, 4.69) is 42.8 Å². The number of hydrogen-bond acceptors (Lipinski definition) is 3. The molecule has 2 heterocycles. The van der Waals surface area contributed by atoms with Crippen molar-refractivity contribution < 1.29 is 0 Å². The zero-order chi connectivity index (χ0) is 15.6. The zero-order valence-electron chi connectivity index (χ0n) is 12.9. The van der Waals surface area contributed by atoms with Crippen molar-refractivity contribution in [1.29, 1.82) is 0 Å². The smallest absolute Gasteiger partial charge is 0.181 e. The van der Waals surface area contributed by atoms with Crippen molar-refractivity contribution in [2.45, 2.75) is 38.1 Å². The fraction of sp³-hybridized carbons (Fsp3) is 0.333. The molecule has 1 fully saturated rings. The van der Waals surface area contributed by atoms with Crippen molar-refractivity contribution >= 4 is 27.4 Å². The highest BCUT2D eigenvalue weighted by Gasteiger charge is 2.17. The number of halogens is 1. The fourth-order valence-corrected chi connectivity index (χ4v) is 3.62. The van der Waals surface area contributed by atoms with Crippen molar-refractivity contribution in [2.75, 3.05) is 5.32 Å². The first-order valence-corrected chi connectivity index (χ1v) is 8.96. The van der Waals surface area contributed by atoms with Crippen LogP contribution in [-0.2, 0) is 0 Å². The molecule has 0 amide bonds. The number of rotatable bonds is 3. The Kier molecular flexibility index (Phi) is 4.04. The first kappa shape index (κ1) is 14.7. The van der Waals surface area contributed by atoms with Crippen LogP contribution >= 0.6 is 15.9 Å². The molecule has 1 N–H and O–H groups in total. The quantitative estimate of drug-likeness (QED) is 0.712. The molecule has 1 saturated carbocycles. The second-order valence-corrected chi connectivity index (χ2v) is 6.91. The maximum absolute atomic E-state index is 4.86. The minimum atomic E-state index is 0.501. The molecule has 0 spiro atoms. The van der Waals surface area contributed by atoms with Crippen molar-refractivity contribution in [2.24, 2.45) is 0 Å². The summed E-state index contributed by atoms with van der Waals surface area (Å²) in [4.78, 5) is 9.37. The molecule has 0 bridgehead atoms. The number of nitrogens with one attached hydrogen (secondary N) is 1. The number of imidazole rings is 1. The van der Waals surface area contributed by atoms with E-state index in [1.54, 1.807) is 0 Å². The molecule has 0 aliphatic heterocycles. The van der Waals surface area contributed by atoms with E-state index in [9.17, 15) is 0 Å². The average Bonchev–Trinajstić information content (AvgIpc) is 2.98. The van der Waals surface area contributed by atoms with E-state index in [1.807, 2.05) is 30.6 Å². The third-order valence-electron chi connectivity index (χ3n) is 4.46. The van der Waals surface area contributed by atoms with Crippen molar-refractivity contribution in [3.63, 3.8) is 0 Å². The van der Waals surface area contributed by atoms with Gasteiger partial charge in [0, 0.05) is 17.8 Å². The van der Waals surface area contributed by atoms with Crippen LogP contribution in [0.25, 0.3) is 16.9 Å². The highest BCUT2D eigenvalue weighted by atomic mass is 79.9. The molecule has 1 aromatic carbocycles. The van der Waals surface area contributed by atoms with E-state index >= 15 is 0 Å². The van der Waals surface area contributed by atoms with Crippen LogP contribution in [0.3, 0.4) is 0 Å². The Morgan fingerprint density at radius 3 is 2.65 bits per heavy atom. The number of benzene rings is 1. The molecule has 1 aliphatic rings. The van der Waals surface area contributed by atoms with Gasteiger partial charge in [0.05, 0.1) is 11.9 Å². The summed E-state index contributed by atoms with van der Waals surface area (Å²) in [6.07, 6.45) is 10.2. The van der Waals surface area contributed by atoms with E-state index in [4.69, 9.17) is 4.98 Å². The minimum absolute atomic E-state index is 0.501. The lowest BCUT2D eigenvalue weighted by Crippen LogP contribution is -2.23. The Morgan fingerprint density at radius 1 is 1.09 bits per heavy atom. The van der Waals surface area contributed by atoms with Gasteiger partial charge in [0.1, 0.15) is 4.60 Å². The predicted molar refractivity (Wildman–Crippen MR) is 96.6 cm³/mol. The fourth-order valence-electron chi connectivity index (χ4n) is 3.24. The van der Waals surface area contributed by atoms with Crippen molar-refractivity contribution in [3.05, 3.63) is 47.3 Å². The third-order valence-corrected chi connectivity index (χ3v) is 5.05. The lowest BCUT2D eigenvalue weighted by Gasteiger charge is -2.23. The molecule has 0 unspecified atom stereocenters. The van der Waals surface area contributed by atoms with Crippen LogP contribution in [0.2, 0.25) is 0 Å². The van der Waals surface area contributed by atoms with Crippen LogP contribution in [0.4, 0.5) is 5.82 Å². The summed E-state index contributed by atoms with van der Waals surface area (Å²) in [6.45, 7) is 0. The number of hydrogen-bond donors (Lipinski definition) is 1. The van der Waals surface area contributed by atoms with Gasteiger partial charge in [0.2, 0.25) is 0 Å². The highest BCUT2D eigenvalue weighted by Crippen LogP contribution is 2.27. The summed E-state index contributed by atoms with van der Waals surface area (Å²) in [5.41, 5.74) is 2.94. The van der Waals surface area contributed by atoms with Crippen LogP contribution in [0.5, 0.6) is 0 Å². The van der Waals surface area contributed by atoms with Gasteiger partial charge in [-0.1, -0.05) is 49.6 Å². The normalized spacial score (nSPS) is 15.9. The van der Waals surface area contributed by atoms with Gasteiger partial charge >= 0.3 is 0 Å². The van der Waals surface area contributed by atoms with Gasteiger partial charge in [0.15, 0.2) is 11.5 Å². The van der Waals surface area contributed by atoms with E-state index in [1.165, 1.54) is 32.1 Å². The molecule has 1 aliphatic carbocycles. The summed E-state index contributed by atoms with van der Waals surface area (Å²) in [5.74, 6) is 0.879. The minimum Gasteiger partial charge on any atom is -0.364 e. The van der Waals surface area contributed by atoms with Crippen LogP contribution < -0.4 is 5.32 Å². The first-order valence-electron chi connectivity index (χ1n) is 8.17. The number of aromatic nitrogens is 3. The predicted octanol–water partition coefficient (Wildman–Crippen LogP) is 4.90. The number of fused-ring (bicyclic) bond motifs is 1. The Morgan fingerprint density at radius 2 is 1.87 bits per heavy atom. The topological polar surface area (TPSA) is 42.2 Å². The van der Waals surface area contributed by atoms with Crippen LogP contribution in [0.1, 0.15) is 32.1 Å². The van der Waals surface area contributed by atoms with E-state index in [0.717, 1.165) is 27.3 Å². The van der Waals surface area contributed by atoms with Gasteiger partial charge in [-0.15, -0.1) is 0 Å². The largest absolute Gasteiger partial charge is 0.364 e. The van der Waals surface area contributed by atoms with E-state index in [0.29, 0.717) is 6.04 Å². The van der Waals surface area contributed by atoms with Crippen LogP contribution in [0.15, 0.2) is 47.3 Å². The van der Waals surface area contributed by atoms with Crippen LogP contribution in [-0.4, -0.2) is 20.4 Å². The number of nitrogens with zero attached hydrogens (tertiary/aromatic N) is 3. The summed E-state index contributed by atoms with van der Waals surface area (Å²) >= 11 is 3.58. The van der Waals surface area contributed by atoms with Gasteiger partial charge in [0.25, 0.3) is 0 Å². The number of anilines is 1. The van der Waals surface area contributed by atoms with Crippen LogP contribution in [0, 0.1) is 0 Å². The highest BCUT2D eigenvalue weighted by molar-refractivity contribution is 9.10. The Bertz CT molecular complexity index is 807. The SMILES string of the molecule is Brc1cnc2c(NC3CCCCC3)nc(-c3ccccc3)cn12. The maximum atomic E-state index is 4.86. The van der Waals surface area contributed by atoms with Crippen molar-refractivity contribution in [3.8, 4) is 11.3 Å². The van der Waals surface area contributed by atoms with E-state index < -0.39 is 0 Å². The van der Waals surface area contributed by atoms with Crippen molar-refractivity contribution in [1.82, 2.24) is 14.4 Å². The molecule has 3 aromatic rings. The van der Waals surface area contributed by atoms with Gasteiger partial charge < -0.3 is 5.32 Å². The van der Waals surface area contributed by atoms with Gasteiger partial charge in [-0.3, -0.25) is 4.40 Å². The zero-order valence-corrected chi connectivity index (χ0v) is 14.5. The molecule has 0 atom stereocenters. The maximum Gasteiger partial charge on any atom is 0.181 e. The monoisotopic (exact) mass is 370 g/mol. The molecule has 0 saturated heterocycles. The molecular formula is C18H19BrN4. The molecule has 4 nitrogen and oxygen atoms in total. The van der Waals surface area contributed by atoms with Gasteiger partial charge in [-0.25, -0.2) is 9.97 Å². The molecule has 23 heavy (non-hydrogen) atoms. The second kappa shape index (κ2) is 6.32. The Hall–Kier alpha value is -1.88. The molecule has 2 aromatic heterocycles. The second-order valence-electron chi connectivity index (χ2n) is 6.09. The third kappa shape index (κ3) is 2.98. The summed E-state index contributed by atoms with van der Waals surface area (Å²) in [6, 6.07) is 10.8. The summed E-state index contributed by atoms with van der Waals surface area (Å²) in [7, 11) is 0. The van der Waals surface area contributed by atoms with Gasteiger partial charge in [-0.2, -0.15) is 0 Å².